The highest BCUT2D eigenvalue weighted by Crippen LogP contribution is 2.63. The normalized spacial score (nSPS) is 39.7. The van der Waals surface area contributed by atoms with Crippen molar-refractivity contribution in [1.29, 1.82) is 0 Å². The highest BCUT2D eigenvalue weighted by atomic mass is 16.2. The van der Waals surface area contributed by atoms with Gasteiger partial charge in [0.15, 0.2) is 0 Å². The van der Waals surface area contributed by atoms with Gasteiger partial charge in [-0.2, -0.15) is 5.10 Å². The summed E-state index contributed by atoms with van der Waals surface area (Å²) in [5, 5.41) is 4.29. The summed E-state index contributed by atoms with van der Waals surface area (Å²) in [7, 11) is 0. The summed E-state index contributed by atoms with van der Waals surface area (Å²) in [4.78, 5) is 10.9. The first-order valence-corrected chi connectivity index (χ1v) is 5.71. The minimum Gasteiger partial charge on any atom is -0.274 e. The number of rotatable bonds is 1. The van der Waals surface area contributed by atoms with Crippen molar-refractivity contribution >= 4 is 11.6 Å². The molecule has 2 rings (SSSR count). The topological polar surface area (TPSA) is 41.5 Å². The summed E-state index contributed by atoms with van der Waals surface area (Å²) in [6.45, 7) is 8.47. The van der Waals surface area contributed by atoms with E-state index in [4.69, 9.17) is 0 Å². The predicted octanol–water partition coefficient (Wildman–Crippen LogP) is 2.32. The van der Waals surface area contributed by atoms with Crippen LogP contribution in [0.4, 0.5) is 0 Å². The number of amides is 1. The minimum atomic E-state index is -0.0771. The van der Waals surface area contributed by atoms with E-state index in [0.29, 0.717) is 5.41 Å². The van der Waals surface area contributed by atoms with Gasteiger partial charge in [0.1, 0.15) is 0 Å². The van der Waals surface area contributed by atoms with Crippen LogP contribution >= 0.6 is 0 Å². The van der Waals surface area contributed by atoms with Crippen molar-refractivity contribution in [2.24, 2.45) is 21.8 Å². The lowest BCUT2D eigenvalue weighted by molar-refractivity contribution is -0.118. The molecule has 2 bridgehead atoms. The van der Waals surface area contributed by atoms with E-state index < -0.39 is 0 Å². The van der Waals surface area contributed by atoms with Gasteiger partial charge in [0, 0.05) is 18.1 Å². The number of carbonyl (C=O) groups is 1. The molecule has 0 radical (unpaired) electrons. The molecule has 2 fully saturated rings. The Morgan fingerprint density at radius 2 is 2.13 bits per heavy atom. The van der Waals surface area contributed by atoms with Gasteiger partial charge < -0.3 is 0 Å². The van der Waals surface area contributed by atoms with Crippen LogP contribution in [-0.2, 0) is 4.79 Å². The zero-order valence-electron chi connectivity index (χ0n) is 10.1. The van der Waals surface area contributed by atoms with Crippen LogP contribution in [0.1, 0.15) is 47.0 Å². The number of fused-ring (bicyclic) bond motifs is 2. The lowest BCUT2D eigenvalue weighted by Gasteiger charge is -2.34. The van der Waals surface area contributed by atoms with Crippen LogP contribution in [0, 0.1) is 16.7 Å². The Kier molecular flexibility index (Phi) is 2.18. The van der Waals surface area contributed by atoms with Gasteiger partial charge in [-0.1, -0.05) is 20.8 Å². The number of hydrogen-bond donors (Lipinski definition) is 1. The molecule has 0 aromatic heterocycles. The predicted molar refractivity (Wildman–Crippen MR) is 60.5 cm³/mol. The number of hydrazone groups is 1. The van der Waals surface area contributed by atoms with Crippen molar-refractivity contribution in [3.05, 3.63) is 0 Å². The average Bonchev–Trinajstić information content (AvgIpc) is 2.46. The van der Waals surface area contributed by atoms with E-state index in [-0.39, 0.29) is 11.3 Å². The molecule has 3 heteroatoms. The van der Waals surface area contributed by atoms with Crippen LogP contribution in [0.2, 0.25) is 0 Å². The van der Waals surface area contributed by atoms with Crippen molar-refractivity contribution in [2.45, 2.75) is 47.0 Å². The number of nitrogens with zero attached hydrogens (tertiary/aromatic N) is 1. The average molecular weight is 208 g/mol. The third-order valence-corrected chi connectivity index (χ3v) is 4.86. The monoisotopic (exact) mass is 208 g/mol. The Bertz CT molecular complexity index is 333. The third-order valence-electron chi connectivity index (χ3n) is 4.86. The Balaban J connectivity index is 2.26. The van der Waals surface area contributed by atoms with Gasteiger partial charge in [0.05, 0.1) is 0 Å². The highest BCUT2D eigenvalue weighted by Gasteiger charge is 2.59. The van der Waals surface area contributed by atoms with Gasteiger partial charge in [0.2, 0.25) is 5.91 Å². The summed E-state index contributed by atoms with van der Waals surface area (Å²) in [6.07, 6.45) is 3.58. The second kappa shape index (κ2) is 3.06. The lowest BCUT2D eigenvalue weighted by atomic mass is 9.70. The van der Waals surface area contributed by atoms with E-state index in [1.807, 2.05) is 0 Å². The minimum absolute atomic E-state index is 0.0771. The third kappa shape index (κ3) is 1.32. The zero-order chi connectivity index (χ0) is 11.3. The van der Waals surface area contributed by atoms with Gasteiger partial charge >= 0.3 is 0 Å². The molecule has 0 heterocycles. The maximum Gasteiger partial charge on any atom is 0.236 e. The Morgan fingerprint density at radius 1 is 1.47 bits per heavy atom. The maximum absolute atomic E-state index is 10.9. The first kappa shape index (κ1) is 10.7. The fraction of sp³-hybridized carbons (Fsp3) is 0.833. The molecule has 2 aliphatic rings. The maximum atomic E-state index is 10.9. The van der Waals surface area contributed by atoms with Crippen molar-refractivity contribution < 1.29 is 4.79 Å². The van der Waals surface area contributed by atoms with E-state index >= 15 is 0 Å². The van der Waals surface area contributed by atoms with Gasteiger partial charge in [-0.15, -0.1) is 0 Å². The summed E-state index contributed by atoms with van der Waals surface area (Å²) in [5.41, 5.74) is 4.31. The molecule has 15 heavy (non-hydrogen) atoms. The first-order chi connectivity index (χ1) is 6.88. The fourth-order valence-corrected chi connectivity index (χ4v) is 3.24. The summed E-state index contributed by atoms with van der Waals surface area (Å²) in [5.74, 6) is 0.668. The Hall–Kier alpha value is -0.860. The quantitative estimate of drug-likeness (QED) is 0.660. The summed E-state index contributed by atoms with van der Waals surface area (Å²) < 4.78 is 0. The van der Waals surface area contributed by atoms with E-state index in [0.717, 1.165) is 12.3 Å². The van der Waals surface area contributed by atoms with Crippen LogP contribution in [0.25, 0.3) is 0 Å². The van der Waals surface area contributed by atoms with Crippen molar-refractivity contribution in [3.63, 3.8) is 0 Å². The molecule has 0 aliphatic heterocycles. The number of nitrogens with one attached hydrogen (secondary N) is 1. The lowest BCUT2D eigenvalue weighted by Crippen LogP contribution is -2.34. The van der Waals surface area contributed by atoms with Crippen LogP contribution in [0.5, 0.6) is 0 Å². The van der Waals surface area contributed by atoms with Gasteiger partial charge in [-0.3, -0.25) is 4.79 Å². The fourth-order valence-electron chi connectivity index (χ4n) is 3.24. The van der Waals surface area contributed by atoms with Gasteiger partial charge in [0.25, 0.3) is 0 Å². The molecule has 84 valence electrons. The molecule has 3 nitrogen and oxygen atoms in total. The van der Waals surface area contributed by atoms with E-state index in [1.165, 1.54) is 25.5 Å². The second-order valence-corrected chi connectivity index (χ2v) is 5.72. The zero-order valence-corrected chi connectivity index (χ0v) is 10.1. The Labute approximate surface area is 91.3 Å². The smallest absolute Gasteiger partial charge is 0.236 e. The number of carbonyl (C=O) groups excluding carboxylic acids is 1. The number of hydrogen-bond acceptors (Lipinski definition) is 2. The van der Waals surface area contributed by atoms with E-state index in [1.54, 1.807) is 0 Å². The van der Waals surface area contributed by atoms with Crippen molar-refractivity contribution in [3.8, 4) is 0 Å². The molecule has 0 aromatic rings. The molecule has 0 aromatic carbocycles. The second-order valence-electron chi connectivity index (χ2n) is 5.72. The SMILES string of the molecule is CC(=O)N/N=C1/C[C@@H]2CC[C@]1(C)C2(C)C. The molecular formula is C12H20N2O. The van der Waals surface area contributed by atoms with Crippen molar-refractivity contribution in [1.82, 2.24) is 5.43 Å². The summed E-state index contributed by atoms with van der Waals surface area (Å²) in [6, 6.07) is 0. The summed E-state index contributed by atoms with van der Waals surface area (Å²) >= 11 is 0. The van der Waals surface area contributed by atoms with E-state index in [9.17, 15) is 4.79 Å². The largest absolute Gasteiger partial charge is 0.274 e. The molecule has 0 saturated heterocycles. The first-order valence-electron chi connectivity index (χ1n) is 5.71. The molecule has 0 spiro atoms. The molecule has 2 aliphatic carbocycles. The molecule has 0 unspecified atom stereocenters. The van der Waals surface area contributed by atoms with E-state index in [2.05, 4.69) is 31.3 Å². The van der Waals surface area contributed by atoms with Gasteiger partial charge in [-0.05, 0) is 30.6 Å². The van der Waals surface area contributed by atoms with Crippen molar-refractivity contribution in [2.75, 3.05) is 0 Å². The highest BCUT2D eigenvalue weighted by molar-refractivity contribution is 5.94. The van der Waals surface area contributed by atoms with Crippen LogP contribution in [-0.4, -0.2) is 11.6 Å². The molecule has 2 saturated carbocycles. The standard InChI is InChI=1S/C12H20N2O/c1-8(15)13-14-10-7-9-5-6-12(10,4)11(9,2)3/h9H,5-7H2,1-4H3,(H,13,15)/b14-10-/t9-,12-/m0/s1. The van der Waals surface area contributed by atoms with Gasteiger partial charge in [-0.25, -0.2) is 5.43 Å². The molecule has 2 atom stereocenters. The van der Waals surface area contributed by atoms with Crippen LogP contribution < -0.4 is 5.43 Å². The van der Waals surface area contributed by atoms with Crippen LogP contribution in [0.3, 0.4) is 0 Å². The molecule has 1 N–H and O–H groups in total. The van der Waals surface area contributed by atoms with Crippen LogP contribution in [0.15, 0.2) is 5.10 Å². The Morgan fingerprint density at radius 3 is 2.53 bits per heavy atom. The molecule has 1 amide bonds. The molecular weight excluding hydrogens is 188 g/mol.